The van der Waals surface area contributed by atoms with Crippen LogP contribution >= 0.6 is 11.6 Å². The predicted molar refractivity (Wildman–Crippen MR) is 67.8 cm³/mol. The molecule has 0 saturated carbocycles. The number of hydrogen-bond donors (Lipinski definition) is 0. The molecule has 0 unspecified atom stereocenters. The molecule has 2 rings (SSSR count). The van der Waals surface area contributed by atoms with Crippen molar-refractivity contribution in [1.29, 1.82) is 0 Å². The zero-order valence-electron chi connectivity index (χ0n) is 9.37. The Labute approximate surface area is 101 Å². The van der Waals surface area contributed by atoms with Crippen LogP contribution < -0.4 is 0 Å². The van der Waals surface area contributed by atoms with E-state index < -0.39 is 0 Å². The van der Waals surface area contributed by atoms with E-state index in [0.717, 1.165) is 28.3 Å². The van der Waals surface area contributed by atoms with Crippen LogP contribution in [0, 0.1) is 0 Å². The molecule has 1 aromatic heterocycles. The molecule has 0 bridgehead atoms. The molecular weight excluding hydrogens is 220 g/mol. The average molecular weight is 235 g/mol. The Kier molecular flexibility index (Phi) is 3.68. The van der Waals surface area contributed by atoms with Gasteiger partial charge in [0.15, 0.2) is 0 Å². The second kappa shape index (κ2) is 5.22. The Bertz CT molecular complexity index is 442. The van der Waals surface area contributed by atoms with E-state index in [2.05, 4.69) is 13.0 Å². The molecule has 1 heterocycles. The molecular formula is C14H15ClO. The Hall–Kier alpha value is -1.21. The molecule has 0 amide bonds. The smallest absolute Gasteiger partial charge is 0.104 e. The van der Waals surface area contributed by atoms with Crippen molar-refractivity contribution in [3.63, 3.8) is 0 Å². The molecule has 0 atom stereocenters. The lowest BCUT2D eigenvalue weighted by atomic mass is 10.1. The van der Waals surface area contributed by atoms with Gasteiger partial charge in [0.1, 0.15) is 5.76 Å². The van der Waals surface area contributed by atoms with Crippen molar-refractivity contribution in [1.82, 2.24) is 0 Å². The quantitative estimate of drug-likeness (QED) is 0.730. The molecule has 0 fully saturated rings. The van der Waals surface area contributed by atoms with Crippen LogP contribution in [0.1, 0.15) is 25.5 Å². The van der Waals surface area contributed by atoms with Gasteiger partial charge in [0.05, 0.1) is 6.26 Å². The van der Waals surface area contributed by atoms with Gasteiger partial charge in [-0.1, -0.05) is 37.1 Å². The predicted octanol–water partition coefficient (Wildman–Crippen LogP) is 4.94. The fourth-order valence-corrected chi connectivity index (χ4v) is 1.78. The van der Waals surface area contributed by atoms with Crippen LogP contribution in [0.5, 0.6) is 0 Å². The third-order valence-electron chi connectivity index (χ3n) is 2.61. The maximum atomic E-state index is 5.85. The zero-order valence-corrected chi connectivity index (χ0v) is 10.1. The standard InChI is InChI=1S/C14H15ClO/c1-2-3-4-14-9-12(10-16-14)11-5-7-13(15)8-6-11/h5-10H,2-4H2,1H3. The van der Waals surface area contributed by atoms with Gasteiger partial charge in [-0.15, -0.1) is 0 Å². The molecule has 1 aromatic carbocycles. The molecule has 0 N–H and O–H groups in total. The molecule has 2 heteroatoms. The third kappa shape index (κ3) is 2.67. The van der Waals surface area contributed by atoms with Crippen LogP contribution in [0.25, 0.3) is 11.1 Å². The minimum atomic E-state index is 0.762. The largest absolute Gasteiger partial charge is 0.469 e. The van der Waals surface area contributed by atoms with Gasteiger partial charge >= 0.3 is 0 Å². The van der Waals surface area contributed by atoms with E-state index in [0.29, 0.717) is 0 Å². The van der Waals surface area contributed by atoms with E-state index in [1.54, 1.807) is 0 Å². The average Bonchev–Trinajstić information content (AvgIpc) is 2.76. The monoisotopic (exact) mass is 234 g/mol. The first-order valence-electron chi connectivity index (χ1n) is 5.63. The lowest BCUT2D eigenvalue weighted by Gasteiger charge is -1.95. The normalized spacial score (nSPS) is 10.6. The molecule has 1 nitrogen and oxygen atoms in total. The van der Waals surface area contributed by atoms with E-state index in [9.17, 15) is 0 Å². The Morgan fingerprint density at radius 2 is 1.88 bits per heavy atom. The van der Waals surface area contributed by atoms with Gasteiger partial charge in [-0.05, 0) is 30.2 Å². The van der Waals surface area contributed by atoms with Gasteiger partial charge in [0.2, 0.25) is 0 Å². The van der Waals surface area contributed by atoms with Gasteiger partial charge in [0.25, 0.3) is 0 Å². The number of aryl methyl sites for hydroxylation is 1. The highest BCUT2D eigenvalue weighted by Crippen LogP contribution is 2.24. The first-order chi connectivity index (χ1) is 7.79. The number of furan rings is 1. The molecule has 0 spiro atoms. The fraction of sp³-hybridized carbons (Fsp3) is 0.286. The molecule has 0 aliphatic carbocycles. The van der Waals surface area contributed by atoms with Gasteiger partial charge in [0, 0.05) is 17.0 Å². The SMILES string of the molecule is CCCCc1cc(-c2ccc(Cl)cc2)co1. The van der Waals surface area contributed by atoms with E-state index in [1.807, 2.05) is 30.5 Å². The van der Waals surface area contributed by atoms with Crippen LogP contribution in [0.3, 0.4) is 0 Å². The summed E-state index contributed by atoms with van der Waals surface area (Å²) in [6.07, 6.45) is 5.20. The summed E-state index contributed by atoms with van der Waals surface area (Å²) < 4.78 is 5.52. The number of halogens is 1. The molecule has 0 radical (unpaired) electrons. The van der Waals surface area contributed by atoms with Crippen molar-refractivity contribution in [2.45, 2.75) is 26.2 Å². The highest BCUT2D eigenvalue weighted by molar-refractivity contribution is 6.30. The second-order valence-corrected chi connectivity index (χ2v) is 4.35. The van der Waals surface area contributed by atoms with E-state index in [4.69, 9.17) is 16.0 Å². The van der Waals surface area contributed by atoms with Crippen LogP contribution in [0.4, 0.5) is 0 Å². The summed E-state index contributed by atoms with van der Waals surface area (Å²) in [6, 6.07) is 9.93. The molecule has 0 aliphatic heterocycles. The number of benzene rings is 1. The molecule has 2 aromatic rings. The topological polar surface area (TPSA) is 13.1 Å². The highest BCUT2D eigenvalue weighted by Gasteiger charge is 2.03. The highest BCUT2D eigenvalue weighted by atomic mass is 35.5. The van der Waals surface area contributed by atoms with Gasteiger partial charge in [-0.2, -0.15) is 0 Å². The maximum Gasteiger partial charge on any atom is 0.104 e. The third-order valence-corrected chi connectivity index (χ3v) is 2.86. The minimum absolute atomic E-state index is 0.762. The summed E-state index contributed by atoms with van der Waals surface area (Å²) >= 11 is 5.85. The first kappa shape index (κ1) is 11.3. The van der Waals surface area contributed by atoms with Crippen LogP contribution in [0.2, 0.25) is 5.02 Å². The molecule has 0 aliphatic rings. The van der Waals surface area contributed by atoms with Crippen LogP contribution in [-0.2, 0) is 6.42 Å². The van der Waals surface area contributed by atoms with Crippen molar-refractivity contribution >= 4 is 11.6 Å². The van der Waals surface area contributed by atoms with Crippen LogP contribution in [-0.4, -0.2) is 0 Å². The summed E-state index contributed by atoms with van der Waals surface area (Å²) in [5.41, 5.74) is 2.28. The summed E-state index contributed by atoms with van der Waals surface area (Å²) in [4.78, 5) is 0. The van der Waals surface area contributed by atoms with Crippen molar-refractivity contribution < 1.29 is 4.42 Å². The van der Waals surface area contributed by atoms with Gasteiger partial charge in [-0.3, -0.25) is 0 Å². The molecule has 0 saturated heterocycles. The summed E-state index contributed by atoms with van der Waals surface area (Å²) in [5.74, 6) is 1.06. The first-order valence-corrected chi connectivity index (χ1v) is 6.00. The zero-order chi connectivity index (χ0) is 11.4. The molecule has 16 heavy (non-hydrogen) atoms. The van der Waals surface area contributed by atoms with Crippen molar-refractivity contribution in [3.05, 3.63) is 47.4 Å². The van der Waals surface area contributed by atoms with Crippen molar-refractivity contribution in [2.75, 3.05) is 0 Å². The Balaban J connectivity index is 2.15. The van der Waals surface area contributed by atoms with Gasteiger partial charge < -0.3 is 4.42 Å². The molecule has 84 valence electrons. The van der Waals surface area contributed by atoms with E-state index in [-0.39, 0.29) is 0 Å². The number of unbranched alkanes of at least 4 members (excludes halogenated alkanes) is 1. The minimum Gasteiger partial charge on any atom is -0.469 e. The number of rotatable bonds is 4. The number of hydrogen-bond acceptors (Lipinski definition) is 1. The summed E-state index contributed by atoms with van der Waals surface area (Å²) in [5, 5.41) is 0.762. The van der Waals surface area contributed by atoms with E-state index >= 15 is 0 Å². The van der Waals surface area contributed by atoms with E-state index in [1.165, 1.54) is 12.8 Å². The fourth-order valence-electron chi connectivity index (χ4n) is 1.66. The van der Waals surface area contributed by atoms with Crippen LogP contribution in [0.15, 0.2) is 41.0 Å². The maximum absolute atomic E-state index is 5.85. The summed E-state index contributed by atoms with van der Waals surface area (Å²) in [7, 11) is 0. The van der Waals surface area contributed by atoms with Gasteiger partial charge in [-0.25, -0.2) is 0 Å². The lowest BCUT2D eigenvalue weighted by Crippen LogP contribution is -1.79. The second-order valence-electron chi connectivity index (χ2n) is 3.91. The summed E-state index contributed by atoms with van der Waals surface area (Å²) in [6.45, 7) is 2.18. The lowest BCUT2D eigenvalue weighted by molar-refractivity contribution is 0.501. The Morgan fingerprint density at radius 3 is 2.56 bits per heavy atom. The Morgan fingerprint density at radius 1 is 1.12 bits per heavy atom. The van der Waals surface area contributed by atoms with Crippen molar-refractivity contribution in [2.24, 2.45) is 0 Å². The van der Waals surface area contributed by atoms with Crippen molar-refractivity contribution in [3.8, 4) is 11.1 Å².